The molecule has 43 heavy (non-hydrogen) atoms. The number of carbonyl (C=O) groups excluding carboxylic acids is 2. The molecule has 2 amide bonds. The highest BCUT2D eigenvalue weighted by Crippen LogP contribution is 2.23. The van der Waals surface area contributed by atoms with E-state index in [1.807, 2.05) is 37.4 Å². The number of hydrogen-bond donors (Lipinski definition) is 3. The van der Waals surface area contributed by atoms with Crippen LogP contribution in [0.1, 0.15) is 69.1 Å². The van der Waals surface area contributed by atoms with Crippen LogP contribution < -0.4 is 10.6 Å². The molecule has 1 unspecified atom stereocenters. The molecule has 0 aliphatic rings. The van der Waals surface area contributed by atoms with Crippen LogP contribution in [0.25, 0.3) is 10.9 Å². The SMILES string of the molecule is CCCCC(CC)CCC(=O)[C@@H](Cc1c[nH]c2ccccc12)NC(=O)Nc1ccc(CS(=O)(=O)c2ccc(C)cc2)cc1. The third-order valence-corrected chi connectivity index (χ3v) is 9.79. The van der Waals surface area contributed by atoms with Gasteiger partial charge in [-0.2, -0.15) is 0 Å². The maximum Gasteiger partial charge on any atom is 0.319 e. The van der Waals surface area contributed by atoms with Gasteiger partial charge in [0.1, 0.15) is 0 Å². The molecule has 228 valence electrons. The second-order valence-corrected chi connectivity index (χ2v) is 13.4. The van der Waals surface area contributed by atoms with Gasteiger partial charge in [0.25, 0.3) is 0 Å². The number of unbranched alkanes of at least 4 members (excludes halogenated alkanes) is 1. The minimum absolute atomic E-state index is 0.0204. The fraction of sp³-hybridized carbons (Fsp3) is 0.371. The van der Waals surface area contributed by atoms with Gasteiger partial charge < -0.3 is 15.6 Å². The van der Waals surface area contributed by atoms with Crippen molar-refractivity contribution < 1.29 is 18.0 Å². The minimum atomic E-state index is -3.49. The Hall–Kier alpha value is -3.91. The number of urea groups is 1. The zero-order valence-electron chi connectivity index (χ0n) is 25.4. The van der Waals surface area contributed by atoms with Crippen molar-refractivity contribution in [3.05, 3.63) is 95.7 Å². The van der Waals surface area contributed by atoms with Crippen molar-refractivity contribution in [3.63, 3.8) is 0 Å². The van der Waals surface area contributed by atoms with Gasteiger partial charge in [-0.15, -0.1) is 0 Å². The molecule has 1 aromatic heterocycles. The van der Waals surface area contributed by atoms with Crippen molar-refractivity contribution in [1.29, 1.82) is 0 Å². The predicted molar refractivity (Wildman–Crippen MR) is 174 cm³/mol. The number of benzene rings is 3. The van der Waals surface area contributed by atoms with Gasteiger partial charge in [0.2, 0.25) is 0 Å². The number of Topliss-reactive ketones (excluding diaryl/α,β-unsaturated/α-hetero) is 1. The number of sulfone groups is 1. The number of hydrogen-bond acceptors (Lipinski definition) is 4. The Morgan fingerprint density at radius 3 is 2.33 bits per heavy atom. The number of para-hydroxylation sites is 1. The fourth-order valence-corrected chi connectivity index (χ4v) is 6.74. The molecule has 0 saturated carbocycles. The molecule has 4 aromatic rings. The van der Waals surface area contributed by atoms with Crippen molar-refractivity contribution in [2.45, 2.75) is 82.4 Å². The lowest BCUT2D eigenvalue weighted by Crippen LogP contribution is -2.44. The van der Waals surface area contributed by atoms with E-state index in [0.29, 0.717) is 30.0 Å². The van der Waals surface area contributed by atoms with Crippen LogP contribution in [0, 0.1) is 12.8 Å². The average Bonchev–Trinajstić information content (AvgIpc) is 3.40. The molecule has 0 aliphatic heterocycles. The lowest BCUT2D eigenvalue weighted by Gasteiger charge is -2.20. The van der Waals surface area contributed by atoms with Crippen LogP contribution in [0.15, 0.2) is 83.9 Å². The van der Waals surface area contributed by atoms with Crippen LogP contribution in [-0.4, -0.2) is 31.3 Å². The fourth-order valence-electron chi connectivity index (χ4n) is 5.39. The number of fused-ring (bicyclic) bond motifs is 1. The molecular formula is C35H43N3O4S. The molecule has 8 heteroatoms. The van der Waals surface area contributed by atoms with Crippen LogP contribution in [0.3, 0.4) is 0 Å². The Balaban J connectivity index is 1.42. The summed E-state index contributed by atoms with van der Waals surface area (Å²) in [6.45, 7) is 6.26. The summed E-state index contributed by atoms with van der Waals surface area (Å²) >= 11 is 0. The van der Waals surface area contributed by atoms with Crippen molar-refractivity contribution >= 4 is 38.2 Å². The predicted octanol–water partition coefficient (Wildman–Crippen LogP) is 7.75. The molecule has 0 saturated heterocycles. The van der Waals surface area contributed by atoms with Gasteiger partial charge in [0, 0.05) is 35.6 Å². The largest absolute Gasteiger partial charge is 0.361 e. The highest BCUT2D eigenvalue weighted by molar-refractivity contribution is 7.90. The Morgan fingerprint density at radius 2 is 1.63 bits per heavy atom. The van der Waals surface area contributed by atoms with E-state index in [4.69, 9.17) is 0 Å². The van der Waals surface area contributed by atoms with E-state index in [-0.39, 0.29) is 16.4 Å². The van der Waals surface area contributed by atoms with Gasteiger partial charge in [-0.05, 0) is 60.7 Å². The van der Waals surface area contributed by atoms with Crippen molar-refractivity contribution in [2.24, 2.45) is 5.92 Å². The van der Waals surface area contributed by atoms with E-state index < -0.39 is 21.9 Å². The summed E-state index contributed by atoms with van der Waals surface area (Å²) in [6, 6.07) is 20.3. The van der Waals surface area contributed by atoms with Crippen LogP contribution in [0.4, 0.5) is 10.5 Å². The van der Waals surface area contributed by atoms with Crippen LogP contribution in [0.2, 0.25) is 0 Å². The first kappa shape index (κ1) is 32.0. The second-order valence-electron chi connectivity index (χ2n) is 11.4. The van der Waals surface area contributed by atoms with Crippen molar-refractivity contribution in [2.75, 3.05) is 5.32 Å². The van der Waals surface area contributed by atoms with Crippen LogP contribution >= 0.6 is 0 Å². The molecular weight excluding hydrogens is 558 g/mol. The lowest BCUT2D eigenvalue weighted by atomic mass is 9.91. The third kappa shape index (κ3) is 9.04. The minimum Gasteiger partial charge on any atom is -0.361 e. The highest BCUT2D eigenvalue weighted by atomic mass is 32.2. The Morgan fingerprint density at radius 1 is 0.907 bits per heavy atom. The molecule has 0 aliphatic carbocycles. The molecule has 1 heterocycles. The number of aromatic amines is 1. The average molecular weight is 602 g/mol. The number of H-pyrrole nitrogens is 1. The van der Waals surface area contributed by atoms with Gasteiger partial charge in [0.05, 0.1) is 16.7 Å². The standard InChI is InChI=1S/C35H43N3O4S/c1-4-6-9-26(5-2)16-21-34(39)33(22-28-23-36-32-11-8-7-10-31(28)32)38-35(40)37-29-17-14-27(15-18-29)24-43(41,42)30-19-12-25(3)13-20-30/h7-8,10-15,17-20,23,26,33,36H,4-6,9,16,21-22,24H2,1-3H3,(H2,37,38,40)/t26?,33-/m1/s1. The van der Waals surface area contributed by atoms with Gasteiger partial charge in [-0.3, -0.25) is 4.79 Å². The van der Waals surface area contributed by atoms with E-state index >= 15 is 0 Å². The third-order valence-electron chi connectivity index (χ3n) is 8.08. The van der Waals surface area contributed by atoms with E-state index in [0.717, 1.165) is 54.1 Å². The Kier molecular flexibility index (Phi) is 11.2. The van der Waals surface area contributed by atoms with Crippen molar-refractivity contribution in [3.8, 4) is 0 Å². The first-order chi connectivity index (χ1) is 20.7. The van der Waals surface area contributed by atoms with Gasteiger partial charge in [0.15, 0.2) is 15.6 Å². The maximum atomic E-state index is 13.5. The normalized spacial score (nSPS) is 13.0. The van der Waals surface area contributed by atoms with E-state index in [1.54, 1.807) is 48.5 Å². The van der Waals surface area contributed by atoms with Gasteiger partial charge >= 0.3 is 6.03 Å². The first-order valence-electron chi connectivity index (χ1n) is 15.2. The van der Waals surface area contributed by atoms with Crippen molar-refractivity contribution in [1.82, 2.24) is 10.3 Å². The smallest absolute Gasteiger partial charge is 0.319 e. The number of ketones is 1. The monoisotopic (exact) mass is 601 g/mol. The molecule has 7 nitrogen and oxygen atoms in total. The number of aromatic nitrogens is 1. The summed E-state index contributed by atoms with van der Waals surface area (Å²) in [7, 11) is -3.49. The highest BCUT2D eigenvalue weighted by Gasteiger charge is 2.24. The van der Waals surface area contributed by atoms with E-state index in [2.05, 4.69) is 29.5 Å². The summed E-state index contributed by atoms with van der Waals surface area (Å²) in [5.74, 6) is 0.382. The topological polar surface area (TPSA) is 108 Å². The number of amides is 2. The number of anilines is 1. The number of nitrogens with one attached hydrogen (secondary N) is 3. The first-order valence-corrected chi connectivity index (χ1v) is 16.9. The van der Waals surface area contributed by atoms with Crippen LogP contribution in [-0.2, 0) is 26.8 Å². The van der Waals surface area contributed by atoms with Gasteiger partial charge in [-0.1, -0.05) is 87.6 Å². The van der Waals surface area contributed by atoms with E-state index in [1.165, 1.54) is 0 Å². The summed E-state index contributed by atoms with van der Waals surface area (Å²) in [6.07, 6.45) is 7.97. The Bertz CT molecular complexity index is 1610. The maximum absolute atomic E-state index is 13.5. The molecule has 3 aromatic carbocycles. The molecule has 0 fully saturated rings. The summed E-state index contributed by atoms with van der Waals surface area (Å²) in [5.41, 5.74) is 4.09. The molecule has 4 rings (SSSR count). The van der Waals surface area contributed by atoms with E-state index in [9.17, 15) is 18.0 Å². The molecule has 0 radical (unpaired) electrons. The quantitative estimate of drug-likeness (QED) is 0.129. The summed E-state index contributed by atoms with van der Waals surface area (Å²) in [4.78, 5) is 30.1. The molecule has 0 bridgehead atoms. The lowest BCUT2D eigenvalue weighted by molar-refractivity contribution is -0.121. The zero-order chi connectivity index (χ0) is 30.8. The van der Waals surface area contributed by atoms with Gasteiger partial charge in [-0.25, -0.2) is 13.2 Å². The number of carbonyl (C=O) groups is 2. The Labute approximate surface area is 255 Å². The number of rotatable bonds is 15. The molecule has 2 atom stereocenters. The number of aryl methyl sites for hydroxylation is 1. The molecule has 3 N–H and O–H groups in total. The molecule has 0 spiro atoms. The van der Waals surface area contributed by atoms with Crippen LogP contribution in [0.5, 0.6) is 0 Å². The summed E-state index contributed by atoms with van der Waals surface area (Å²) < 4.78 is 25.7. The zero-order valence-corrected chi connectivity index (χ0v) is 26.2. The summed E-state index contributed by atoms with van der Waals surface area (Å²) in [5, 5.41) is 6.77. The second kappa shape index (κ2) is 15.0.